The van der Waals surface area contributed by atoms with Gasteiger partial charge in [-0.15, -0.1) is 0 Å². The number of unbranched alkanes of at least 4 members (excludes halogenated alkanes) is 10. The summed E-state index contributed by atoms with van der Waals surface area (Å²) in [4.78, 5) is 11.1. The van der Waals surface area contributed by atoms with E-state index in [-0.39, 0.29) is 5.97 Å². The fraction of sp³-hybridized carbons (Fsp3) is 0.833. The Hall–Kier alpha value is -0.713. The molecule has 0 heterocycles. The van der Waals surface area contributed by atoms with Crippen molar-refractivity contribution in [3.63, 3.8) is 0 Å². The van der Waals surface area contributed by atoms with E-state index in [1.165, 1.54) is 51.0 Å². The van der Waals surface area contributed by atoms with Crippen LogP contribution in [0.3, 0.4) is 0 Å². The van der Waals surface area contributed by atoms with Gasteiger partial charge in [-0.25, -0.2) is 13.6 Å². The molecule has 0 aliphatic rings. The van der Waals surface area contributed by atoms with Crippen molar-refractivity contribution in [2.45, 2.75) is 89.6 Å². The smallest absolute Gasteiger partial charge is 0.330 e. The lowest BCUT2D eigenvalue weighted by atomic mass is 10.1. The van der Waals surface area contributed by atoms with Gasteiger partial charge < -0.3 is 4.74 Å². The summed E-state index contributed by atoms with van der Waals surface area (Å²) < 4.78 is 29.0. The largest absolute Gasteiger partial charge is 0.463 e. The average Bonchev–Trinajstić information content (AvgIpc) is 2.51. The van der Waals surface area contributed by atoms with E-state index >= 15 is 0 Å². The van der Waals surface area contributed by atoms with Crippen LogP contribution in [-0.4, -0.2) is 28.1 Å². The first-order valence-corrected chi connectivity index (χ1v) is 11.1. The Morgan fingerprint density at radius 1 is 0.913 bits per heavy atom. The van der Waals surface area contributed by atoms with Crippen LogP contribution in [0, 0.1) is 0 Å². The Bertz CT molecular complexity index is 297. The van der Waals surface area contributed by atoms with Gasteiger partial charge >= 0.3 is 5.97 Å². The third-order valence-corrected chi connectivity index (χ3v) is 5.21. The molecule has 23 heavy (non-hydrogen) atoms. The van der Waals surface area contributed by atoms with Gasteiger partial charge in [0.2, 0.25) is 6.05 Å². The Kier molecular flexibility index (Phi) is 17.1. The molecule has 0 saturated heterocycles. The molecule has 0 aromatic heterocycles. The predicted molar refractivity (Wildman–Crippen MR) is 95.9 cm³/mol. The predicted octanol–water partition coefficient (Wildman–Crippen LogP) is 5.21. The molecule has 5 heteroatoms. The molecule has 0 radical (unpaired) electrons. The van der Waals surface area contributed by atoms with E-state index in [4.69, 9.17) is 4.74 Å². The normalized spacial score (nSPS) is 12.0. The number of hydrogen-bond acceptors (Lipinski definition) is 2. The second-order valence-corrected chi connectivity index (χ2v) is 7.99. The van der Waals surface area contributed by atoms with Gasteiger partial charge in [0.05, 0.1) is 6.61 Å². The van der Waals surface area contributed by atoms with Crippen LogP contribution in [-0.2, 0) is 9.53 Å². The molecule has 0 saturated carbocycles. The summed E-state index contributed by atoms with van der Waals surface area (Å²) in [6.45, 7) is 2.33. The van der Waals surface area contributed by atoms with E-state index in [0.29, 0.717) is 6.61 Å². The van der Waals surface area contributed by atoms with E-state index in [9.17, 15) is 13.6 Å². The van der Waals surface area contributed by atoms with Gasteiger partial charge in [-0.2, -0.15) is 0 Å². The zero-order chi connectivity index (χ0) is 17.2. The highest BCUT2D eigenvalue weighted by Crippen LogP contribution is 2.12. The Balaban J connectivity index is 3.07. The van der Waals surface area contributed by atoms with Crippen molar-refractivity contribution in [3.05, 3.63) is 12.2 Å². The zero-order valence-electron chi connectivity index (χ0n) is 14.7. The minimum Gasteiger partial charge on any atom is -0.463 e. The lowest BCUT2D eigenvalue weighted by molar-refractivity contribution is -0.137. The molecule has 0 aliphatic carbocycles. The van der Waals surface area contributed by atoms with Gasteiger partial charge in [0.1, 0.15) is 9.52 Å². The summed E-state index contributed by atoms with van der Waals surface area (Å²) in [6.07, 6.45) is 16.1. The molecule has 0 aromatic carbocycles. The number of esters is 1. The summed E-state index contributed by atoms with van der Waals surface area (Å²) >= 11 is 0. The monoisotopic (exact) mass is 348 g/mol. The average molecular weight is 349 g/mol. The number of rotatable bonds is 16. The molecular weight excluding hydrogens is 314 g/mol. The van der Waals surface area contributed by atoms with Gasteiger partial charge in [-0.3, -0.25) is 0 Å². The maximum atomic E-state index is 12.0. The molecule has 0 unspecified atom stereocenters. The zero-order valence-corrected chi connectivity index (χ0v) is 16.1. The number of carbonyl (C=O) groups is 1. The first kappa shape index (κ1) is 22.3. The molecule has 2 nitrogen and oxygen atoms in total. The van der Waals surface area contributed by atoms with E-state index in [2.05, 4.69) is 0 Å². The van der Waals surface area contributed by atoms with Crippen LogP contribution in [0.25, 0.3) is 0 Å². The Morgan fingerprint density at radius 3 is 1.87 bits per heavy atom. The molecule has 0 N–H and O–H groups in total. The first-order chi connectivity index (χ1) is 11.2. The molecule has 0 amide bonds. The number of alkyl halides is 2. The SMILES string of the molecule is CC=CC(=O)OCCCCCCCCCCCCC[SiH2]C(F)F. The van der Waals surface area contributed by atoms with Gasteiger partial charge in [-0.1, -0.05) is 76.3 Å². The molecule has 0 bridgehead atoms. The van der Waals surface area contributed by atoms with Crippen molar-refractivity contribution in [1.29, 1.82) is 0 Å². The third kappa shape index (κ3) is 19.2. The number of hydrogen-bond donors (Lipinski definition) is 0. The van der Waals surface area contributed by atoms with Crippen LogP contribution < -0.4 is 0 Å². The van der Waals surface area contributed by atoms with Crippen LogP contribution >= 0.6 is 0 Å². The Labute approximate surface area is 142 Å². The van der Waals surface area contributed by atoms with E-state index in [0.717, 1.165) is 31.7 Å². The summed E-state index contributed by atoms with van der Waals surface area (Å²) in [6, 6.07) is -1.18. The van der Waals surface area contributed by atoms with Crippen molar-refractivity contribution in [3.8, 4) is 0 Å². The summed E-state index contributed by atoms with van der Waals surface area (Å²) in [5.41, 5.74) is 0. The minimum atomic E-state index is -1.99. The van der Waals surface area contributed by atoms with Gasteiger partial charge in [0, 0.05) is 6.08 Å². The van der Waals surface area contributed by atoms with Crippen LogP contribution in [0.15, 0.2) is 12.2 Å². The van der Waals surface area contributed by atoms with Crippen LogP contribution in [0.4, 0.5) is 8.78 Å². The van der Waals surface area contributed by atoms with Crippen LogP contribution in [0.1, 0.15) is 77.6 Å². The standard InChI is InChI=1S/C18H34F2O2Si/c1-2-14-17(21)22-15-12-10-8-6-4-3-5-7-9-11-13-16-23-18(19)20/h2,14,18H,3-13,15-16,23H2,1H3. The minimum absolute atomic E-state index is 0.246. The summed E-state index contributed by atoms with van der Waals surface area (Å²) in [5.74, 6) is -0.246. The van der Waals surface area contributed by atoms with Crippen molar-refractivity contribution in [2.24, 2.45) is 0 Å². The van der Waals surface area contributed by atoms with Crippen molar-refractivity contribution in [1.82, 2.24) is 0 Å². The fourth-order valence-corrected chi connectivity index (χ4v) is 3.48. The molecule has 0 aliphatic heterocycles. The van der Waals surface area contributed by atoms with Crippen molar-refractivity contribution >= 4 is 15.5 Å². The van der Waals surface area contributed by atoms with Crippen molar-refractivity contribution in [2.75, 3.05) is 6.61 Å². The van der Waals surface area contributed by atoms with Crippen LogP contribution in [0.2, 0.25) is 6.04 Å². The number of ether oxygens (including phenoxy) is 1. The number of allylic oxidation sites excluding steroid dienone is 1. The third-order valence-electron chi connectivity index (χ3n) is 3.86. The summed E-state index contributed by atoms with van der Waals surface area (Å²) in [7, 11) is -1.09. The lowest BCUT2D eigenvalue weighted by Crippen LogP contribution is -2.02. The highest BCUT2D eigenvalue weighted by Gasteiger charge is 2.02. The Morgan fingerprint density at radius 2 is 1.39 bits per heavy atom. The summed E-state index contributed by atoms with van der Waals surface area (Å²) in [5, 5.41) is 0. The quantitative estimate of drug-likeness (QED) is 0.166. The second kappa shape index (κ2) is 17.6. The molecular formula is C18H34F2O2Si. The number of halogens is 2. The lowest BCUT2D eigenvalue weighted by Gasteiger charge is -2.04. The number of carbonyl (C=O) groups excluding carboxylic acids is 1. The fourth-order valence-electron chi connectivity index (χ4n) is 2.53. The molecule has 0 aromatic rings. The molecule has 136 valence electrons. The topological polar surface area (TPSA) is 26.3 Å². The van der Waals surface area contributed by atoms with Gasteiger partial charge in [0.15, 0.2) is 0 Å². The highest BCUT2D eigenvalue weighted by atomic mass is 28.2. The van der Waals surface area contributed by atoms with Gasteiger partial charge in [0.25, 0.3) is 0 Å². The molecule has 0 spiro atoms. The first-order valence-electron chi connectivity index (χ1n) is 9.24. The van der Waals surface area contributed by atoms with Gasteiger partial charge in [-0.05, 0) is 13.3 Å². The van der Waals surface area contributed by atoms with E-state index < -0.39 is 15.6 Å². The molecule has 0 atom stereocenters. The maximum Gasteiger partial charge on any atom is 0.330 e. The van der Waals surface area contributed by atoms with E-state index in [1.807, 2.05) is 0 Å². The van der Waals surface area contributed by atoms with Crippen molar-refractivity contribution < 1.29 is 18.3 Å². The second-order valence-electron chi connectivity index (χ2n) is 6.09. The van der Waals surface area contributed by atoms with E-state index in [1.54, 1.807) is 13.0 Å². The maximum absolute atomic E-state index is 12.0. The highest BCUT2D eigenvalue weighted by molar-refractivity contribution is 6.36. The molecule has 0 rings (SSSR count). The van der Waals surface area contributed by atoms with Crippen LogP contribution in [0.5, 0.6) is 0 Å². The molecule has 0 fully saturated rings.